The molecule has 8 heteroatoms. The lowest BCUT2D eigenvalue weighted by molar-refractivity contribution is 0.0601. The number of nitrogens with zero attached hydrogens (tertiary/aromatic N) is 1. The normalized spacial score (nSPS) is 10.3. The Morgan fingerprint density at radius 2 is 2.13 bits per heavy atom. The maximum absolute atomic E-state index is 12.0. The van der Waals surface area contributed by atoms with Gasteiger partial charge in [-0.15, -0.1) is 0 Å². The highest BCUT2D eigenvalue weighted by Crippen LogP contribution is 2.13. The molecule has 1 heterocycles. The third-order valence-corrected chi connectivity index (χ3v) is 3.07. The van der Waals surface area contributed by atoms with E-state index in [0.29, 0.717) is 16.6 Å². The summed E-state index contributed by atoms with van der Waals surface area (Å²) in [6, 6.07) is 4.75. The van der Waals surface area contributed by atoms with Crippen LogP contribution in [0.5, 0.6) is 0 Å². The smallest absolute Gasteiger partial charge is 0.412 e. The van der Waals surface area contributed by atoms with Crippen molar-refractivity contribution in [1.82, 2.24) is 14.9 Å². The standard InChI is InChI=1S/C15H17N3O5/c1-9(2)23-15(21)16-6-7-18-12-8-10(13(19)22-3)4-5-11(12)17-14(18)20/h4-5,8H,1,6-7H2,2-3H3,(H,16,21)(H,17,20). The highest BCUT2D eigenvalue weighted by molar-refractivity contribution is 5.93. The number of carbonyl (C=O) groups excluding carboxylic acids is 2. The van der Waals surface area contributed by atoms with E-state index >= 15 is 0 Å². The molecule has 0 saturated heterocycles. The minimum atomic E-state index is -0.638. The van der Waals surface area contributed by atoms with E-state index in [-0.39, 0.29) is 24.5 Å². The molecule has 0 spiro atoms. The quantitative estimate of drug-likeness (QED) is 0.640. The average molecular weight is 319 g/mol. The van der Waals surface area contributed by atoms with Gasteiger partial charge in [0.25, 0.3) is 0 Å². The first-order valence-electron chi connectivity index (χ1n) is 6.84. The van der Waals surface area contributed by atoms with Gasteiger partial charge < -0.3 is 19.8 Å². The summed E-state index contributed by atoms with van der Waals surface area (Å²) < 4.78 is 10.8. The van der Waals surface area contributed by atoms with Crippen molar-refractivity contribution in [2.75, 3.05) is 13.7 Å². The lowest BCUT2D eigenvalue weighted by atomic mass is 10.2. The molecule has 0 aliphatic heterocycles. The number of alkyl carbamates (subject to hydrolysis) is 1. The molecule has 0 radical (unpaired) electrons. The van der Waals surface area contributed by atoms with Crippen molar-refractivity contribution >= 4 is 23.1 Å². The minimum absolute atomic E-state index is 0.182. The van der Waals surface area contributed by atoms with Gasteiger partial charge in [0.15, 0.2) is 0 Å². The van der Waals surface area contributed by atoms with Crippen LogP contribution in [0.25, 0.3) is 11.0 Å². The SMILES string of the molecule is C=C(C)OC(=O)NCCn1c(=O)[nH]c2ccc(C(=O)OC)cc21. The van der Waals surface area contributed by atoms with Crippen molar-refractivity contribution < 1.29 is 19.1 Å². The molecule has 1 aromatic heterocycles. The van der Waals surface area contributed by atoms with E-state index in [1.807, 2.05) is 0 Å². The second-order valence-electron chi connectivity index (χ2n) is 4.82. The molecule has 0 fully saturated rings. The first kappa shape index (κ1) is 16.3. The van der Waals surface area contributed by atoms with Gasteiger partial charge in [-0.1, -0.05) is 6.58 Å². The minimum Gasteiger partial charge on any atom is -0.465 e. The molecule has 0 aliphatic rings. The largest absolute Gasteiger partial charge is 0.465 e. The van der Waals surface area contributed by atoms with Gasteiger partial charge in [-0.3, -0.25) is 4.57 Å². The zero-order valence-electron chi connectivity index (χ0n) is 12.8. The van der Waals surface area contributed by atoms with E-state index in [1.54, 1.807) is 25.1 Å². The van der Waals surface area contributed by atoms with Crippen molar-refractivity contribution in [2.24, 2.45) is 0 Å². The maximum atomic E-state index is 12.0. The molecule has 2 aromatic rings. The van der Waals surface area contributed by atoms with Crippen molar-refractivity contribution in [3.8, 4) is 0 Å². The summed E-state index contributed by atoms with van der Waals surface area (Å²) in [6.45, 7) is 5.41. The van der Waals surface area contributed by atoms with E-state index < -0.39 is 12.1 Å². The fourth-order valence-corrected chi connectivity index (χ4v) is 2.08. The second kappa shape index (κ2) is 6.82. The van der Waals surface area contributed by atoms with Crippen LogP contribution in [0.3, 0.4) is 0 Å². The van der Waals surface area contributed by atoms with Crippen molar-refractivity contribution in [2.45, 2.75) is 13.5 Å². The van der Waals surface area contributed by atoms with E-state index in [4.69, 9.17) is 4.74 Å². The number of benzene rings is 1. The number of allylic oxidation sites excluding steroid dienone is 1. The molecule has 0 aliphatic carbocycles. The van der Waals surface area contributed by atoms with Crippen LogP contribution in [-0.2, 0) is 16.0 Å². The van der Waals surface area contributed by atoms with Crippen LogP contribution in [0.15, 0.2) is 35.3 Å². The van der Waals surface area contributed by atoms with Crippen LogP contribution < -0.4 is 11.0 Å². The molecule has 122 valence electrons. The molecule has 0 bridgehead atoms. The number of fused-ring (bicyclic) bond motifs is 1. The molecule has 1 amide bonds. The maximum Gasteiger partial charge on any atom is 0.412 e. The molecule has 8 nitrogen and oxygen atoms in total. The fourth-order valence-electron chi connectivity index (χ4n) is 2.08. The summed E-state index contributed by atoms with van der Waals surface area (Å²) in [7, 11) is 1.29. The van der Waals surface area contributed by atoms with E-state index in [9.17, 15) is 14.4 Å². The number of aromatic amines is 1. The predicted molar refractivity (Wildman–Crippen MR) is 83.2 cm³/mol. The Kier molecular flexibility index (Phi) is 4.85. The van der Waals surface area contributed by atoms with Gasteiger partial charge in [-0.05, 0) is 25.1 Å². The molecule has 23 heavy (non-hydrogen) atoms. The van der Waals surface area contributed by atoms with Crippen LogP contribution in [0, 0.1) is 0 Å². The lowest BCUT2D eigenvalue weighted by Crippen LogP contribution is -2.30. The highest BCUT2D eigenvalue weighted by Gasteiger charge is 2.12. The number of aromatic nitrogens is 2. The Morgan fingerprint density at radius 3 is 2.78 bits per heavy atom. The Balaban J connectivity index is 2.18. The van der Waals surface area contributed by atoms with E-state index in [1.165, 1.54) is 11.7 Å². The summed E-state index contributed by atoms with van der Waals surface area (Å²) in [5.41, 5.74) is 1.14. The number of H-pyrrole nitrogens is 1. The number of methoxy groups -OCH3 is 1. The fraction of sp³-hybridized carbons (Fsp3) is 0.267. The van der Waals surface area contributed by atoms with Gasteiger partial charge >= 0.3 is 17.8 Å². The van der Waals surface area contributed by atoms with E-state index in [0.717, 1.165) is 0 Å². The first-order valence-corrected chi connectivity index (χ1v) is 6.84. The second-order valence-corrected chi connectivity index (χ2v) is 4.82. The van der Waals surface area contributed by atoms with Crippen LogP contribution in [0.4, 0.5) is 4.79 Å². The summed E-state index contributed by atoms with van der Waals surface area (Å²) in [5, 5.41) is 2.51. The summed E-state index contributed by atoms with van der Waals surface area (Å²) >= 11 is 0. The Morgan fingerprint density at radius 1 is 1.39 bits per heavy atom. The summed E-state index contributed by atoms with van der Waals surface area (Å²) in [6.07, 6.45) is -0.638. The number of hydrogen-bond acceptors (Lipinski definition) is 5. The van der Waals surface area contributed by atoms with Crippen LogP contribution in [-0.4, -0.2) is 35.3 Å². The molecule has 2 rings (SSSR count). The Labute approximate surface area is 131 Å². The van der Waals surface area contributed by atoms with Crippen molar-refractivity contribution in [1.29, 1.82) is 0 Å². The van der Waals surface area contributed by atoms with E-state index in [2.05, 4.69) is 21.6 Å². The van der Waals surface area contributed by atoms with Gasteiger partial charge in [0.05, 0.1) is 29.5 Å². The van der Waals surface area contributed by atoms with Gasteiger partial charge in [-0.2, -0.15) is 0 Å². The average Bonchev–Trinajstić information content (AvgIpc) is 2.81. The predicted octanol–water partition coefficient (Wildman–Crippen LogP) is 1.38. The number of esters is 1. The molecule has 1 aromatic carbocycles. The number of nitrogens with one attached hydrogen (secondary N) is 2. The zero-order valence-corrected chi connectivity index (χ0v) is 12.8. The van der Waals surface area contributed by atoms with Crippen LogP contribution in [0.1, 0.15) is 17.3 Å². The number of ether oxygens (including phenoxy) is 2. The third kappa shape index (κ3) is 3.79. The van der Waals surface area contributed by atoms with Gasteiger partial charge in [0.2, 0.25) is 0 Å². The molecular weight excluding hydrogens is 302 g/mol. The lowest BCUT2D eigenvalue weighted by Gasteiger charge is -2.07. The number of amides is 1. The van der Waals surface area contributed by atoms with Gasteiger partial charge in [0, 0.05) is 13.1 Å². The topological polar surface area (TPSA) is 102 Å². The first-order chi connectivity index (χ1) is 10.9. The monoisotopic (exact) mass is 319 g/mol. The van der Waals surface area contributed by atoms with Crippen molar-refractivity contribution in [3.63, 3.8) is 0 Å². The molecular formula is C15H17N3O5. The summed E-state index contributed by atoms with van der Waals surface area (Å²) in [4.78, 5) is 37.6. The number of carbonyl (C=O) groups is 2. The van der Waals surface area contributed by atoms with Crippen molar-refractivity contribution in [3.05, 3.63) is 46.6 Å². The summed E-state index contributed by atoms with van der Waals surface area (Å²) in [5.74, 6) is -0.218. The molecule has 0 atom stereocenters. The number of hydrogen-bond donors (Lipinski definition) is 2. The molecule has 0 unspecified atom stereocenters. The van der Waals surface area contributed by atoms with Crippen LogP contribution in [0.2, 0.25) is 0 Å². The zero-order chi connectivity index (χ0) is 17.0. The van der Waals surface area contributed by atoms with Gasteiger partial charge in [0.1, 0.15) is 0 Å². The third-order valence-electron chi connectivity index (χ3n) is 3.07. The Hall–Kier alpha value is -3.03. The van der Waals surface area contributed by atoms with Gasteiger partial charge in [-0.25, -0.2) is 14.4 Å². The molecule has 2 N–H and O–H groups in total. The van der Waals surface area contributed by atoms with Crippen LogP contribution >= 0.6 is 0 Å². The Bertz CT molecular complexity index is 818. The molecule has 0 saturated carbocycles. The number of imidazole rings is 1. The highest BCUT2D eigenvalue weighted by atomic mass is 16.6. The number of rotatable bonds is 5.